The molecule has 14 heavy (non-hydrogen) atoms. The number of nitrogens with zero attached hydrogens (tertiary/aromatic N) is 1. The second-order valence-electron chi connectivity index (χ2n) is 2.82. The lowest BCUT2D eigenvalue weighted by Gasteiger charge is -1.99. The van der Waals surface area contributed by atoms with E-state index < -0.39 is 0 Å². The number of rotatable bonds is 1. The fraction of sp³-hybridized carbons (Fsp3) is 0.111. The third kappa shape index (κ3) is 2.03. The number of aromatic nitrogens is 2. The van der Waals surface area contributed by atoms with Gasteiger partial charge in [-0.2, -0.15) is 0 Å². The molecule has 0 aromatic carbocycles. The van der Waals surface area contributed by atoms with Gasteiger partial charge in [-0.05, 0) is 25.1 Å². The van der Waals surface area contributed by atoms with Crippen LogP contribution in [0.3, 0.4) is 0 Å². The molecule has 2 heterocycles. The Morgan fingerprint density at radius 1 is 1.50 bits per heavy atom. The second-order valence-corrected chi connectivity index (χ2v) is 4.96. The van der Waals surface area contributed by atoms with Gasteiger partial charge in [-0.15, -0.1) is 11.3 Å². The first kappa shape index (κ1) is 9.83. The molecule has 72 valence electrons. The predicted molar refractivity (Wildman–Crippen MR) is 62.5 cm³/mol. The van der Waals surface area contributed by atoms with Crippen LogP contribution < -0.4 is 0 Å². The molecule has 2 nitrogen and oxygen atoms in total. The maximum atomic E-state index is 5.85. The number of halogens is 1. The lowest BCUT2D eigenvalue weighted by Crippen LogP contribution is -1.89. The molecule has 1 N–H and O–H groups in total. The molecular weight excluding hydrogens is 236 g/mol. The molecule has 0 atom stereocenters. The van der Waals surface area contributed by atoms with Crippen molar-refractivity contribution in [3.63, 3.8) is 0 Å². The fourth-order valence-corrected chi connectivity index (χ4v) is 2.44. The first-order valence-corrected chi connectivity index (χ1v) is 5.59. The van der Waals surface area contributed by atoms with E-state index in [1.165, 1.54) is 11.3 Å². The molecule has 0 unspecified atom stereocenters. The topological polar surface area (TPSA) is 28.7 Å². The average Bonchev–Trinajstić information content (AvgIpc) is 2.50. The van der Waals surface area contributed by atoms with E-state index in [1.807, 2.05) is 25.1 Å². The van der Waals surface area contributed by atoms with Gasteiger partial charge in [-0.1, -0.05) is 23.8 Å². The molecule has 2 aromatic rings. The summed E-state index contributed by atoms with van der Waals surface area (Å²) in [5.41, 5.74) is 0.972. The fourth-order valence-electron chi connectivity index (χ4n) is 1.17. The van der Waals surface area contributed by atoms with Crippen molar-refractivity contribution in [3.05, 3.63) is 33.0 Å². The van der Waals surface area contributed by atoms with Gasteiger partial charge in [0.25, 0.3) is 0 Å². The molecule has 5 heteroatoms. The van der Waals surface area contributed by atoms with Crippen molar-refractivity contribution in [1.82, 2.24) is 9.97 Å². The van der Waals surface area contributed by atoms with E-state index in [2.05, 4.69) is 9.97 Å². The second kappa shape index (κ2) is 3.81. The van der Waals surface area contributed by atoms with Gasteiger partial charge in [0.1, 0.15) is 10.5 Å². The van der Waals surface area contributed by atoms with Crippen molar-refractivity contribution in [2.75, 3.05) is 0 Å². The Kier molecular flexibility index (Phi) is 2.67. The molecule has 0 amide bonds. The third-order valence-electron chi connectivity index (χ3n) is 1.70. The van der Waals surface area contributed by atoms with Gasteiger partial charge in [0.05, 0.1) is 14.9 Å². The molecule has 2 aromatic heterocycles. The summed E-state index contributed by atoms with van der Waals surface area (Å²) in [5, 5.41) is 0. The third-order valence-corrected chi connectivity index (χ3v) is 3.17. The number of hydrogen-bond acceptors (Lipinski definition) is 3. The SMILES string of the molecule is Cc1nc(=S)cc(-c2ccc(Cl)s2)[nH]1. The summed E-state index contributed by atoms with van der Waals surface area (Å²) in [6.45, 7) is 1.88. The smallest absolute Gasteiger partial charge is 0.130 e. The summed E-state index contributed by atoms with van der Waals surface area (Å²) in [5.74, 6) is 0.817. The largest absolute Gasteiger partial charge is 0.343 e. The van der Waals surface area contributed by atoms with Gasteiger partial charge < -0.3 is 4.98 Å². The first-order valence-electron chi connectivity index (χ1n) is 3.99. The van der Waals surface area contributed by atoms with Gasteiger partial charge in [0.15, 0.2) is 0 Å². The highest BCUT2D eigenvalue weighted by Gasteiger charge is 2.02. The molecule has 0 saturated heterocycles. The minimum atomic E-state index is 0.598. The van der Waals surface area contributed by atoms with Crippen molar-refractivity contribution < 1.29 is 0 Å². The van der Waals surface area contributed by atoms with E-state index in [0.717, 1.165) is 20.7 Å². The summed E-state index contributed by atoms with van der Waals surface area (Å²) in [6.07, 6.45) is 0. The van der Waals surface area contributed by atoms with Crippen LogP contribution in [0.4, 0.5) is 0 Å². The van der Waals surface area contributed by atoms with Crippen LogP contribution in [0.1, 0.15) is 5.82 Å². The van der Waals surface area contributed by atoms with Crippen LogP contribution in [0.5, 0.6) is 0 Å². The van der Waals surface area contributed by atoms with E-state index >= 15 is 0 Å². The maximum Gasteiger partial charge on any atom is 0.130 e. The normalized spacial score (nSPS) is 10.4. The highest BCUT2D eigenvalue weighted by atomic mass is 35.5. The van der Waals surface area contributed by atoms with E-state index in [9.17, 15) is 0 Å². The Bertz CT molecular complexity index is 516. The van der Waals surface area contributed by atoms with Gasteiger partial charge in [-0.25, -0.2) is 4.98 Å². The molecule has 0 radical (unpaired) electrons. The number of H-pyrrole nitrogens is 1. The zero-order valence-electron chi connectivity index (χ0n) is 7.37. The molecule has 0 bridgehead atoms. The monoisotopic (exact) mass is 242 g/mol. The maximum absolute atomic E-state index is 5.85. The molecule has 0 spiro atoms. The van der Waals surface area contributed by atoms with E-state index in [0.29, 0.717) is 4.64 Å². The van der Waals surface area contributed by atoms with Crippen LogP contribution in [0.2, 0.25) is 4.34 Å². The first-order chi connectivity index (χ1) is 6.65. The summed E-state index contributed by atoms with van der Waals surface area (Å²) in [6, 6.07) is 5.67. The number of nitrogens with one attached hydrogen (secondary N) is 1. The summed E-state index contributed by atoms with van der Waals surface area (Å²) in [7, 11) is 0. The van der Waals surface area contributed by atoms with Gasteiger partial charge in [-0.3, -0.25) is 0 Å². The van der Waals surface area contributed by atoms with Crippen LogP contribution in [-0.4, -0.2) is 9.97 Å². The van der Waals surface area contributed by atoms with Crippen molar-refractivity contribution in [1.29, 1.82) is 0 Å². The van der Waals surface area contributed by atoms with Crippen LogP contribution in [0, 0.1) is 11.6 Å². The van der Waals surface area contributed by atoms with Gasteiger partial charge in [0, 0.05) is 0 Å². The molecule has 0 aliphatic carbocycles. The number of aryl methyl sites for hydroxylation is 1. The number of aromatic amines is 1. The minimum absolute atomic E-state index is 0.598. The lowest BCUT2D eigenvalue weighted by atomic mass is 10.3. The Balaban J connectivity index is 2.56. The minimum Gasteiger partial charge on any atom is -0.343 e. The Morgan fingerprint density at radius 3 is 2.86 bits per heavy atom. The zero-order chi connectivity index (χ0) is 10.1. The van der Waals surface area contributed by atoms with Gasteiger partial charge in [0.2, 0.25) is 0 Å². The van der Waals surface area contributed by atoms with Crippen LogP contribution >= 0.6 is 35.2 Å². The molecule has 0 fully saturated rings. The molecule has 0 saturated carbocycles. The Labute approximate surface area is 95.6 Å². The van der Waals surface area contributed by atoms with Crippen molar-refractivity contribution in [3.8, 4) is 10.6 Å². The van der Waals surface area contributed by atoms with Crippen LogP contribution in [-0.2, 0) is 0 Å². The predicted octanol–water partition coefficient (Wildman–Crippen LogP) is 3.83. The van der Waals surface area contributed by atoms with Gasteiger partial charge >= 0.3 is 0 Å². The molecule has 2 rings (SSSR count). The van der Waals surface area contributed by atoms with Crippen LogP contribution in [0.25, 0.3) is 10.6 Å². The van der Waals surface area contributed by atoms with Crippen molar-refractivity contribution >= 4 is 35.2 Å². The standard InChI is InChI=1S/C9H7ClN2S2/c1-5-11-6(4-9(13)12-5)7-2-3-8(10)14-7/h2-4H,1H3,(H,11,12,13). The quantitative estimate of drug-likeness (QED) is 0.770. The van der Waals surface area contributed by atoms with Crippen molar-refractivity contribution in [2.24, 2.45) is 0 Å². The van der Waals surface area contributed by atoms with E-state index in [-0.39, 0.29) is 0 Å². The zero-order valence-corrected chi connectivity index (χ0v) is 9.76. The summed E-state index contributed by atoms with van der Waals surface area (Å²) < 4.78 is 1.37. The molecule has 0 aliphatic heterocycles. The van der Waals surface area contributed by atoms with E-state index in [4.69, 9.17) is 23.8 Å². The number of thiophene rings is 1. The Hall–Kier alpha value is -0.710. The average molecular weight is 243 g/mol. The van der Waals surface area contributed by atoms with Crippen molar-refractivity contribution in [2.45, 2.75) is 6.92 Å². The highest BCUT2D eigenvalue weighted by Crippen LogP contribution is 2.29. The Morgan fingerprint density at radius 2 is 2.29 bits per heavy atom. The highest BCUT2D eigenvalue weighted by molar-refractivity contribution is 7.71. The summed E-state index contributed by atoms with van der Waals surface area (Å²) >= 11 is 12.4. The lowest BCUT2D eigenvalue weighted by molar-refractivity contribution is 1.05. The molecule has 0 aliphatic rings. The van der Waals surface area contributed by atoms with E-state index in [1.54, 1.807) is 0 Å². The van der Waals surface area contributed by atoms with Crippen LogP contribution in [0.15, 0.2) is 18.2 Å². The number of hydrogen-bond donors (Lipinski definition) is 1. The molecular formula is C9H7ClN2S2. The summed E-state index contributed by atoms with van der Waals surface area (Å²) in [4.78, 5) is 8.32.